The maximum Gasteiger partial charge on any atom is 0.250 e. The predicted molar refractivity (Wildman–Crippen MR) is 132 cm³/mol. The average molecular weight is 509 g/mol. The molecule has 10 heteroatoms. The molecule has 0 radical (unpaired) electrons. The lowest BCUT2D eigenvalue weighted by molar-refractivity contribution is -0.115. The Labute approximate surface area is 201 Å². The number of fused-ring (bicyclic) bond motifs is 1. The number of anilines is 1. The zero-order valence-electron chi connectivity index (χ0n) is 15.5. The van der Waals surface area contributed by atoms with Crippen LogP contribution in [0.15, 0.2) is 59.0 Å². The van der Waals surface area contributed by atoms with Gasteiger partial charge in [-0.15, -0.1) is 0 Å². The third kappa shape index (κ3) is 5.44. The Balaban J connectivity index is 1.37. The maximum atomic E-state index is 12.2. The number of nitrogens with zero attached hydrogens (tertiary/aromatic N) is 1. The Hall–Kier alpha value is -2.42. The molecule has 0 saturated heterocycles. The lowest BCUT2D eigenvalue weighted by Crippen LogP contribution is -2.32. The minimum absolute atomic E-state index is 0.124. The number of furan rings is 1. The Morgan fingerprint density at radius 1 is 1.10 bits per heavy atom. The van der Waals surface area contributed by atoms with Crippen LogP contribution in [0.5, 0.6) is 0 Å². The molecule has 2 aromatic carbocycles. The smallest absolute Gasteiger partial charge is 0.250 e. The number of nitrogens with one attached hydrogen (secondary N) is 2. The van der Waals surface area contributed by atoms with Gasteiger partial charge in [-0.25, -0.2) is 4.98 Å². The number of carbonyl (C=O) groups excluding carboxylic acids is 1. The highest BCUT2D eigenvalue weighted by Gasteiger charge is 2.10. The third-order valence-corrected chi connectivity index (χ3v) is 5.88. The summed E-state index contributed by atoms with van der Waals surface area (Å²) in [6, 6.07) is 14.1. The van der Waals surface area contributed by atoms with Gasteiger partial charge in [0.25, 0.3) is 0 Å². The summed E-state index contributed by atoms with van der Waals surface area (Å²) in [6.45, 7) is 0. The van der Waals surface area contributed by atoms with E-state index in [2.05, 4.69) is 15.6 Å². The first-order chi connectivity index (χ1) is 14.9. The Morgan fingerprint density at radius 3 is 2.61 bits per heavy atom. The maximum absolute atomic E-state index is 12.2. The van der Waals surface area contributed by atoms with E-state index in [1.807, 2.05) is 12.1 Å². The molecule has 0 aliphatic carbocycles. The summed E-state index contributed by atoms with van der Waals surface area (Å²) in [5.74, 6) is 0.650. The van der Waals surface area contributed by atoms with E-state index in [4.69, 9.17) is 51.4 Å². The first-order valence-electron chi connectivity index (χ1n) is 8.79. The monoisotopic (exact) mass is 507 g/mol. The van der Waals surface area contributed by atoms with Crippen molar-refractivity contribution >= 4 is 90.8 Å². The van der Waals surface area contributed by atoms with Crippen molar-refractivity contribution in [1.82, 2.24) is 10.3 Å². The van der Waals surface area contributed by atoms with Crippen LogP contribution >= 0.6 is 58.4 Å². The van der Waals surface area contributed by atoms with Gasteiger partial charge < -0.3 is 9.73 Å². The predicted octanol–water partition coefficient (Wildman–Crippen LogP) is 7.04. The van der Waals surface area contributed by atoms with Gasteiger partial charge in [0.15, 0.2) is 10.2 Å². The molecule has 0 aliphatic heterocycles. The van der Waals surface area contributed by atoms with Gasteiger partial charge in [0.2, 0.25) is 5.91 Å². The Morgan fingerprint density at radius 2 is 1.87 bits per heavy atom. The Kier molecular flexibility index (Phi) is 6.60. The molecule has 5 nitrogen and oxygen atoms in total. The second-order valence-electron chi connectivity index (χ2n) is 6.24. The molecule has 4 aromatic rings. The van der Waals surface area contributed by atoms with Crippen molar-refractivity contribution in [2.24, 2.45) is 0 Å². The average Bonchev–Trinajstić information content (AvgIpc) is 3.33. The fourth-order valence-electron chi connectivity index (χ4n) is 2.70. The van der Waals surface area contributed by atoms with Gasteiger partial charge in [-0.3, -0.25) is 10.1 Å². The van der Waals surface area contributed by atoms with E-state index in [1.165, 1.54) is 23.5 Å². The van der Waals surface area contributed by atoms with Gasteiger partial charge in [-0.2, -0.15) is 0 Å². The van der Waals surface area contributed by atoms with Crippen molar-refractivity contribution in [3.05, 3.63) is 75.4 Å². The number of carbonyl (C=O) groups is 1. The normalized spacial score (nSPS) is 11.2. The topological polar surface area (TPSA) is 67.2 Å². The number of thiocarbonyl (C=S) groups is 1. The van der Waals surface area contributed by atoms with Crippen molar-refractivity contribution < 1.29 is 9.21 Å². The molecule has 0 fully saturated rings. The highest BCUT2D eigenvalue weighted by atomic mass is 35.5. The molecule has 1 amide bonds. The van der Waals surface area contributed by atoms with Crippen LogP contribution in [-0.4, -0.2) is 16.0 Å². The van der Waals surface area contributed by atoms with Crippen LogP contribution < -0.4 is 10.6 Å². The number of aromatic nitrogens is 1. The first kappa shape index (κ1) is 21.8. The molecule has 4 rings (SSSR count). The molecule has 0 unspecified atom stereocenters. The molecular weight excluding hydrogens is 497 g/mol. The molecule has 0 atom stereocenters. The van der Waals surface area contributed by atoms with E-state index < -0.39 is 5.91 Å². The van der Waals surface area contributed by atoms with E-state index in [-0.39, 0.29) is 5.11 Å². The van der Waals surface area contributed by atoms with Crippen molar-refractivity contribution in [1.29, 1.82) is 0 Å². The Bertz CT molecular complexity index is 1310. The van der Waals surface area contributed by atoms with Gasteiger partial charge in [-0.05, 0) is 60.8 Å². The van der Waals surface area contributed by atoms with E-state index in [1.54, 1.807) is 36.4 Å². The number of amides is 1. The molecule has 0 saturated carbocycles. The zero-order chi connectivity index (χ0) is 22.0. The van der Waals surface area contributed by atoms with Crippen LogP contribution in [0.25, 0.3) is 27.6 Å². The van der Waals surface area contributed by atoms with Crippen LogP contribution in [-0.2, 0) is 4.79 Å². The van der Waals surface area contributed by atoms with Crippen LogP contribution in [0, 0.1) is 0 Å². The summed E-state index contributed by atoms with van der Waals surface area (Å²) in [5, 5.41) is 7.68. The second-order valence-corrected chi connectivity index (χ2v) is 8.96. The molecule has 31 heavy (non-hydrogen) atoms. The molecule has 0 aliphatic rings. The van der Waals surface area contributed by atoms with E-state index in [0.717, 1.165) is 10.3 Å². The zero-order valence-corrected chi connectivity index (χ0v) is 19.4. The molecule has 2 aromatic heterocycles. The highest BCUT2D eigenvalue weighted by Crippen LogP contribution is 2.31. The first-order valence-corrected chi connectivity index (χ1v) is 11.1. The van der Waals surface area contributed by atoms with Crippen LogP contribution in [0.3, 0.4) is 0 Å². The minimum atomic E-state index is -0.416. The fourth-order valence-corrected chi connectivity index (χ4v) is 4.66. The van der Waals surface area contributed by atoms with Crippen molar-refractivity contribution in [2.75, 3.05) is 5.32 Å². The van der Waals surface area contributed by atoms with Crippen molar-refractivity contribution in [2.45, 2.75) is 0 Å². The number of rotatable bonds is 4. The SMILES string of the molecule is O=C(/C=C/c1ccc(-c2cc(Cl)cc(Cl)c2)o1)NC(=S)Nc1nc2c(Cl)cccc2s1. The molecule has 2 N–H and O–H groups in total. The van der Waals surface area contributed by atoms with Crippen LogP contribution in [0.4, 0.5) is 5.13 Å². The molecular formula is C21H12Cl3N3O2S2. The minimum Gasteiger partial charge on any atom is -0.457 e. The van der Waals surface area contributed by atoms with Gasteiger partial charge in [-0.1, -0.05) is 52.2 Å². The summed E-state index contributed by atoms with van der Waals surface area (Å²) in [7, 11) is 0. The number of halogens is 3. The van der Waals surface area contributed by atoms with Crippen LogP contribution in [0.1, 0.15) is 5.76 Å². The van der Waals surface area contributed by atoms with Gasteiger partial charge in [0, 0.05) is 21.7 Å². The summed E-state index contributed by atoms with van der Waals surface area (Å²) in [5.41, 5.74) is 1.42. The summed E-state index contributed by atoms with van der Waals surface area (Å²) in [4.78, 5) is 16.6. The molecule has 2 heterocycles. The highest BCUT2D eigenvalue weighted by molar-refractivity contribution is 7.80. The lowest BCUT2D eigenvalue weighted by Gasteiger charge is -2.04. The van der Waals surface area contributed by atoms with Crippen LogP contribution in [0.2, 0.25) is 15.1 Å². The largest absolute Gasteiger partial charge is 0.457 e. The second kappa shape index (κ2) is 9.38. The van der Waals surface area contributed by atoms with Crippen molar-refractivity contribution in [3.63, 3.8) is 0 Å². The van der Waals surface area contributed by atoms with E-state index in [0.29, 0.717) is 37.2 Å². The molecule has 0 spiro atoms. The van der Waals surface area contributed by atoms with E-state index >= 15 is 0 Å². The van der Waals surface area contributed by atoms with Gasteiger partial charge in [0.05, 0.1) is 9.72 Å². The summed E-state index contributed by atoms with van der Waals surface area (Å²) < 4.78 is 6.64. The number of benzene rings is 2. The quantitative estimate of drug-likeness (QED) is 0.228. The fraction of sp³-hybridized carbons (Fsp3) is 0. The van der Waals surface area contributed by atoms with Gasteiger partial charge in [0.1, 0.15) is 17.0 Å². The third-order valence-electron chi connectivity index (χ3n) is 4.00. The molecule has 0 bridgehead atoms. The standard InChI is InChI=1S/C21H12Cl3N3O2S2/c22-12-8-11(9-13(23)10-12)16-6-4-14(29-16)5-7-18(28)25-20(30)27-21-26-19-15(24)2-1-3-17(19)31-21/h1-10H,(H2,25,26,27,28,30)/b7-5+. The summed E-state index contributed by atoms with van der Waals surface area (Å²) in [6.07, 6.45) is 2.85. The van der Waals surface area contributed by atoms with Crippen molar-refractivity contribution in [3.8, 4) is 11.3 Å². The lowest BCUT2D eigenvalue weighted by atomic mass is 10.2. The number of hydrogen-bond acceptors (Lipinski definition) is 5. The molecule has 156 valence electrons. The number of thiazole rings is 1. The van der Waals surface area contributed by atoms with E-state index in [9.17, 15) is 4.79 Å². The summed E-state index contributed by atoms with van der Waals surface area (Å²) >= 11 is 24.7. The number of hydrogen-bond donors (Lipinski definition) is 2. The van der Waals surface area contributed by atoms with Gasteiger partial charge >= 0.3 is 0 Å². The number of para-hydroxylation sites is 1.